The minimum atomic E-state index is -1.04. The maximum atomic E-state index is 12.1. The van der Waals surface area contributed by atoms with Gasteiger partial charge in [-0.15, -0.1) is 0 Å². The van der Waals surface area contributed by atoms with Gasteiger partial charge >= 0.3 is 5.97 Å². The highest BCUT2D eigenvalue weighted by Crippen LogP contribution is 2.26. The highest BCUT2D eigenvalue weighted by molar-refractivity contribution is 9.10. The van der Waals surface area contributed by atoms with Crippen molar-refractivity contribution in [3.05, 3.63) is 27.7 Å². The fourth-order valence-corrected chi connectivity index (χ4v) is 2.76. The highest BCUT2D eigenvalue weighted by atomic mass is 79.9. The smallest absolute Gasteiger partial charge is 0.336 e. The zero-order valence-corrected chi connectivity index (χ0v) is 12.7. The third-order valence-electron chi connectivity index (χ3n) is 3.27. The topological polar surface area (TPSA) is 75.6 Å². The minimum absolute atomic E-state index is 0.121. The van der Waals surface area contributed by atoms with Crippen molar-refractivity contribution in [2.24, 2.45) is 0 Å². The van der Waals surface area contributed by atoms with E-state index in [4.69, 9.17) is 9.84 Å². The van der Waals surface area contributed by atoms with Crippen LogP contribution in [0.25, 0.3) is 0 Å². The highest BCUT2D eigenvalue weighted by Gasteiger charge is 2.23. The van der Waals surface area contributed by atoms with Gasteiger partial charge in [-0.25, -0.2) is 4.79 Å². The Morgan fingerprint density at radius 2 is 2.15 bits per heavy atom. The summed E-state index contributed by atoms with van der Waals surface area (Å²) in [4.78, 5) is 23.2. The second kappa shape index (κ2) is 6.37. The molecule has 1 aromatic rings. The molecule has 0 aromatic heterocycles. The van der Waals surface area contributed by atoms with E-state index in [1.54, 1.807) is 6.07 Å². The average Bonchev–Trinajstić information content (AvgIpc) is 2.42. The number of amides is 1. The van der Waals surface area contributed by atoms with Crippen LogP contribution in [0, 0.1) is 6.92 Å². The van der Waals surface area contributed by atoms with Gasteiger partial charge in [-0.3, -0.25) is 4.79 Å². The Morgan fingerprint density at radius 3 is 2.75 bits per heavy atom. The van der Waals surface area contributed by atoms with Crippen LogP contribution < -0.4 is 5.32 Å². The van der Waals surface area contributed by atoms with Crippen LogP contribution in [0.5, 0.6) is 0 Å². The van der Waals surface area contributed by atoms with Crippen molar-refractivity contribution in [2.75, 3.05) is 11.9 Å². The first-order valence-electron chi connectivity index (χ1n) is 6.45. The first-order chi connectivity index (χ1) is 9.49. The molecule has 1 fully saturated rings. The number of carboxylic acid groups (broad SMARTS) is 1. The molecule has 0 saturated carbocycles. The predicted octanol–water partition coefficient (Wildman–Crippen LogP) is 2.96. The van der Waals surface area contributed by atoms with Crippen molar-refractivity contribution in [3.8, 4) is 0 Å². The summed E-state index contributed by atoms with van der Waals surface area (Å²) in [5, 5.41) is 11.9. The summed E-state index contributed by atoms with van der Waals surface area (Å²) in [5.41, 5.74) is 1.42. The number of hydrogen-bond donors (Lipinski definition) is 2. The van der Waals surface area contributed by atoms with E-state index in [0.29, 0.717) is 23.2 Å². The lowest BCUT2D eigenvalue weighted by Gasteiger charge is -2.22. The lowest BCUT2D eigenvalue weighted by molar-refractivity contribution is -0.129. The standard InChI is InChI=1S/C14H16BrNO4/c1-8-6-10(15)9(14(18)19)7-11(8)16-13(17)12-4-2-3-5-20-12/h6-7,12H,2-5H2,1H3,(H,16,17)(H,18,19)/t12-/m0/s1. The van der Waals surface area contributed by atoms with Gasteiger partial charge in [0.15, 0.2) is 0 Å². The van der Waals surface area contributed by atoms with Crippen LogP contribution in [0.2, 0.25) is 0 Å². The van der Waals surface area contributed by atoms with Crippen molar-refractivity contribution in [1.29, 1.82) is 0 Å². The van der Waals surface area contributed by atoms with Crippen LogP contribution in [0.4, 0.5) is 5.69 Å². The number of rotatable bonds is 3. The normalized spacial score (nSPS) is 18.6. The summed E-state index contributed by atoms with van der Waals surface area (Å²) in [6, 6.07) is 3.14. The summed E-state index contributed by atoms with van der Waals surface area (Å²) in [6.45, 7) is 2.41. The van der Waals surface area contributed by atoms with E-state index in [2.05, 4.69) is 21.2 Å². The number of hydrogen-bond acceptors (Lipinski definition) is 3. The molecular weight excluding hydrogens is 326 g/mol. The molecule has 5 nitrogen and oxygen atoms in total. The molecule has 6 heteroatoms. The number of aryl methyl sites for hydroxylation is 1. The third kappa shape index (κ3) is 3.37. The largest absolute Gasteiger partial charge is 0.478 e. The average molecular weight is 342 g/mol. The van der Waals surface area contributed by atoms with Crippen LogP contribution in [0.15, 0.2) is 16.6 Å². The van der Waals surface area contributed by atoms with Gasteiger partial charge in [0.2, 0.25) is 0 Å². The van der Waals surface area contributed by atoms with Crippen molar-refractivity contribution in [3.63, 3.8) is 0 Å². The number of halogens is 1. The Morgan fingerprint density at radius 1 is 1.40 bits per heavy atom. The molecule has 2 N–H and O–H groups in total. The third-order valence-corrected chi connectivity index (χ3v) is 3.93. The van der Waals surface area contributed by atoms with E-state index < -0.39 is 12.1 Å². The van der Waals surface area contributed by atoms with Gasteiger partial charge in [-0.05, 0) is 59.8 Å². The fourth-order valence-electron chi connectivity index (χ4n) is 2.13. The van der Waals surface area contributed by atoms with Crippen LogP contribution in [-0.2, 0) is 9.53 Å². The molecular formula is C14H16BrNO4. The SMILES string of the molecule is Cc1cc(Br)c(C(=O)O)cc1NC(=O)[C@@H]1CCCCO1. The molecule has 0 radical (unpaired) electrons. The number of carboxylic acids is 1. The summed E-state index contributed by atoms with van der Waals surface area (Å²) in [5.74, 6) is -1.26. The number of aromatic carboxylic acids is 1. The van der Waals surface area contributed by atoms with E-state index in [0.717, 1.165) is 18.4 Å². The van der Waals surface area contributed by atoms with Crippen molar-refractivity contribution >= 4 is 33.5 Å². The minimum Gasteiger partial charge on any atom is -0.478 e. The van der Waals surface area contributed by atoms with E-state index in [1.807, 2.05) is 6.92 Å². The molecule has 20 heavy (non-hydrogen) atoms. The second-order valence-electron chi connectivity index (χ2n) is 4.80. The Hall–Kier alpha value is -1.40. The quantitative estimate of drug-likeness (QED) is 0.886. The Bertz CT molecular complexity index is 538. The Labute approximate surface area is 125 Å². The summed E-state index contributed by atoms with van der Waals surface area (Å²) >= 11 is 3.21. The molecule has 1 aliphatic heterocycles. The summed E-state index contributed by atoms with van der Waals surface area (Å²) < 4.78 is 5.91. The first kappa shape index (κ1) is 15.0. The van der Waals surface area contributed by atoms with E-state index in [1.165, 1.54) is 6.07 Å². The van der Waals surface area contributed by atoms with Crippen LogP contribution in [0.1, 0.15) is 35.2 Å². The molecule has 108 valence electrons. The molecule has 2 rings (SSSR count). The van der Waals surface area contributed by atoms with Gasteiger partial charge in [0.1, 0.15) is 6.10 Å². The number of ether oxygens (including phenoxy) is 1. The Kier molecular flexibility index (Phi) is 4.77. The molecule has 0 unspecified atom stereocenters. The van der Waals surface area contributed by atoms with Crippen LogP contribution >= 0.6 is 15.9 Å². The van der Waals surface area contributed by atoms with Gasteiger partial charge in [0.05, 0.1) is 5.56 Å². The molecule has 1 amide bonds. The summed E-state index contributed by atoms with van der Waals surface area (Å²) in [6.07, 6.45) is 2.20. The molecule has 0 bridgehead atoms. The molecule has 1 aromatic carbocycles. The van der Waals surface area contributed by atoms with Gasteiger partial charge in [0.25, 0.3) is 5.91 Å². The maximum absolute atomic E-state index is 12.1. The lowest BCUT2D eigenvalue weighted by atomic mass is 10.1. The van der Waals surface area contributed by atoms with Crippen LogP contribution in [0.3, 0.4) is 0 Å². The molecule has 0 aliphatic carbocycles. The number of carbonyl (C=O) groups is 2. The van der Waals surface area contributed by atoms with Gasteiger partial charge in [0, 0.05) is 16.8 Å². The van der Waals surface area contributed by atoms with Gasteiger partial charge in [-0.2, -0.15) is 0 Å². The predicted molar refractivity (Wildman–Crippen MR) is 78.1 cm³/mol. The molecule has 1 atom stereocenters. The first-order valence-corrected chi connectivity index (χ1v) is 7.24. The molecule has 0 spiro atoms. The lowest BCUT2D eigenvalue weighted by Crippen LogP contribution is -2.33. The number of nitrogens with one attached hydrogen (secondary N) is 1. The second-order valence-corrected chi connectivity index (χ2v) is 5.65. The van der Waals surface area contributed by atoms with Gasteiger partial charge in [-0.1, -0.05) is 0 Å². The van der Waals surface area contributed by atoms with Crippen molar-refractivity contribution in [2.45, 2.75) is 32.3 Å². The van der Waals surface area contributed by atoms with E-state index in [-0.39, 0.29) is 11.5 Å². The fraction of sp³-hybridized carbons (Fsp3) is 0.429. The summed E-state index contributed by atoms with van der Waals surface area (Å²) in [7, 11) is 0. The Balaban J connectivity index is 2.18. The zero-order valence-electron chi connectivity index (χ0n) is 11.1. The van der Waals surface area contributed by atoms with E-state index >= 15 is 0 Å². The van der Waals surface area contributed by atoms with Crippen molar-refractivity contribution in [1.82, 2.24) is 0 Å². The monoisotopic (exact) mass is 341 g/mol. The van der Waals surface area contributed by atoms with Crippen molar-refractivity contribution < 1.29 is 19.4 Å². The van der Waals surface area contributed by atoms with E-state index in [9.17, 15) is 9.59 Å². The molecule has 1 saturated heterocycles. The molecule has 1 heterocycles. The maximum Gasteiger partial charge on any atom is 0.336 e. The number of carbonyl (C=O) groups excluding carboxylic acids is 1. The number of benzene rings is 1. The molecule has 1 aliphatic rings. The number of anilines is 1. The van der Waals surface area contributed by atoms with Gasteiger partial charge < -0.3 is 15.2 Å². The van der Waals surface area contributed by atoms with Crippen LogP contribution in [-0.4, -0.2) is 29.7 Å². The zero-order chi connectivity index (χ0) is 14.7.